The highest BCUT2D eigenvalue weighted by atomic mass is 16.5. The standard InChI is InChI=1S/C33H36N4O5/c1-41-31(38)20-18-26-13-6-8-15-29(26)37-32(39)30(35-22-27-19-17-25-12-5-7-14-28(25)36-27)16-9-21-34-33(40)42-23-24-10-3-2-4-11-24/h2-8,10-15,17,19,30,35H,9,16,18,20-23H2,1H3,(H,34,40)(H,37,39)/t30-/m0/s1. The summed E-state index contributed by atoms with van der Waals surface area (Å²) >= 11 is 0. The summed E-state index contributed by atoms with van der Waals surface area (Å²) < 4.78 is 10.0. The second-order valence-corrected chi connectivity index (χ2v) is 9.78. The van der Waals surface area contributed by atoms with Crippen LogP contribution in [0, 0.1) is 0 Å². The fourth-order valence-electron chi connectivity index (χ4n) is 4.45. The Bertz CT molecular complexity index is 1480. The Morgan fingerprint density at radius 3 is 2.48 bits per heavy atom. The van der Waals surface area contributed by atoms with Crippen LogP contribution in [0.5, 0.6) is 0 Å². The molecule has 1 aromatic heterocycles. The van der Waals surface area contributed by atoms with Gasteiger partial charge in [0.05, 0.1) is 24.4 Å². The van der Waals surface area contributed by atoms with Gasteiger partial charge in [-0.3, -0.25) is 14.6 Å². The molecule has 42 heavy (non-hydrogen) atoms. The molecule has 0 radical (unpaired) electrons. The van der Waals surface area contributed by atoms with Gasteiger partial charge in [0.15, 0.2) is 0 Å². The number of alkyl carbamates (subject to hydrolysis) is 1. The number of aryl methyl sites for hydroxylation is 1. The summed E-state index contributed by atoms with van der Waals surface area (Å²) in [7, 11) is 1.36. The fraction of sp³-hybridized carbons (Fsp3) is 0.273. The van der Waals surface area contributed by atoms with Crippen molar-refractivity contribution >= 4 is 34.6 Å². The minimum atomic E-state index is -0.561. The Labute approximate surface area is 245 Å². The van der Waals surface area contributed by atoms with E-state index in [1.807, 2.05) is 91.0 Å². The van der Waals surface area contributed by atoms with Gasteiger partial charge in [0.1, 0.15) is 6.61 Å². The third kappa shape index (κ3) is 9.42. The first kappa shape index (κ1) is 30.2. The van der Waals surface area contributed by atoms with Gasteiger partial charge in [0.25, 0.3) is 0 Å². The van der Waals surface area contributed by atoms with Crippen LogP contribution in [0.1, 0.15) is 36.1 Å². The maximum atomic E-state index is 13.5. The van der Waals surface area contributed by atoms with Crippen LogP contribution >= 0.6 is 0 Å². The molecule has 0 aliphatic heterocycles. The van der Waals surface area contributed by atoms with Gasteiger partial charge in [-0.15, -0.1) is 0 Å². The molecule has 0 unspecified atom stereocenters. The fourth-order valence-corrected chi connectivity index (χ4v) is 4.45. The molecule has 0 bridgehead atoms. The number of methoxy groups -OCH3 is 1. The lowest BCUT2D eigenvalue weighted by Gasteiger charge is -2.20. The van der Waals surface area contributed by atoms with Crippen molar-refractivity contribution in [1.29, 1.82) is 0 Å². The Balaban J connectivity index is 1.36. The number of nitrogens with one attached hydrogen (secondary N) is 3. The molecule has 9 heteroatoms. The number of para-hydroxylation sites is 2. The third-order valence-electron chi connectivity index (χ3n) is 6.76. The van der Waals surface area contributed by atoms with E-state index in [4.69, 9.17) is 14.5 Å². The van der Waals surface area contributed by atoms with Crippen molar-refractivity contribution in [3.63, 3.8) is 0 Å². The summed E-state index contributed by atoms with van der Waals surface area (Å²) in [4.78, 5) is 42.0. The lowest BCUT2D eigenvalue weighted by Crippen LogP contribution is -2.41. The summed E-state index contributed by atoms with van der Waals surface area (Å²) in [5.41, 5.74) is 4.09. The second kappa shape index (κ2) is 15.9. The van der Waals surface area contributed by atoms with Crippen LogP contribution in [-0.2, 0) is 38.6 Å². The van der Waals surface area contributed by atoms with Gasteiger partial charge < -0.3 is 25.4 Å². The van der Waals surface area contributed by atoms with Gasteiger partial charge >= 0.3 is 12.1 Å². The van der Waals surface area contributed by atoms with E-state index in [2.05, 4.69) is 16.0 Å². The summed E-state index contributed by atoms with van der Waals surface area (Å²) in [6.45, 7) is 0.926. The molecule has 0 aliphatic carbocycles. The van der Waals surface area contributed by atoms with Gasteiger partial charge in [0.2, 0.25) is 5.91 Å². The molecule has 2 amide bonds. The molecule has 0 saturated heterocycles. The zero-order valence-corrected chi connectivity index (χ0v) is 23.7. The molecule has 4 rings (SSSR count). The Kier molecular flexibility index (Phi) is 11.4. The number of hydrogen-bond donors (Lipinski definition) is 3. The summed E-state index contributed by atoms with van der Waals surface area (Å²) in [6, 6.07) is 28.1. The molecule has 3 N–H and O–H groups in total. The smallest absolute Gasteiger partial charge is 0.407 e. The van der Waals surface area contributed by atoms with Crippen molar-refractivity contribution in [2.24, 2.45) is 0 Å². The van der Waals surface area contributed by atoms with Crippen LogP contribution in [0.15, 0.2) is 91.0 Å². The minimum absolute atomic E-state index is 0.188. The zero-order chi connectivity index (χ0) is 29.6. The summed E-state index contributed by atoms with van der Waals surface area (Å²) in [6.07, 6.45) is 1.15. The van der Waals surface area contributed by atoms with E-state index in [-0.39, 0.29) is 24.9 Å². The van der Waals surface area contributed by atoms with Crippen molar-refractivity contribution in [3.8, 4) is 0 Å². The van der Waals surface area contributed by atoms with E-state index >= 15 is 0 Å². The molecule has 0 saturated carbocycles. The third-order valence-corrected chi connectivity index (χ3v) is 6.76. The van der Waals surface area contributed by atoms with Gasteiger partial charge in [-0.05, 0) is 48.6 Å². The van der Waals surface area contributed by atoms with Crippen molar-refractivity contribution in [2.45, 2.75) is 44.9 Å². The topological polar surface area (TPSA) is 119 Å². The Morgan fingerprint density at radius 2 is 1.64 bits per heavy atom. The number of benzene rings is 3. The molecule has 3 aromatic carbocycles. The van der Waals surface area contributed by atoms with E-state index in [1.165, 1.54) is 7.11 Å². The number of carbonyl (C=O) groups is 3. The molecule has 0 spiro atoms. The normalized spacial score (nSPS) is 11.5. The first-order valence-corrected chi connectivity index (χ1v) is 14.0. The molecule has 218 valence electrons. The Hall–Kier alpha value is -4.76. The van der Waals surface area contributed by atoms with Crippen molar-refractivity contribution in [2.75, 3.05) is 19.0 Å². The summed E-state index contributed by atoms with van der Waals surface area (Å²) in [5.74, 6) is -0.527. The number of anilines is 1. The molecular weight excluding hydrogens is 532 g/mol. The van der Waals surface area contributed by atoms with Crippen molar-refractivity contribution in [3.05, 3.63) is 108 Å². The van der Waals surface area contributed by atoms with Gasteiger partial charge in [-0.25, -0.2) is 4.79 Å². The lowest BCUT2D eigenvalue weighted by atomic mass is 10.1. The molecule has 0 fully saturated rings. The van der Waals surface area contributed by atoms with Crippen molar-refractivity contribution < 1.29 is 23.9 Å². The second-order valence-electron chi connectivity index (χ2n) is 9.78. The first-order chi connectivity index (χ1) is 20.5. The Morgan fingerprint density at radius 1 is 0.881 bits per heavy atom. The lowest BCUT2D eigenvalue weighted by molar-refractivity contribution is -0.140. The maximum Gasteiger partial charge on any atom is 0.407 e. The number of hydrogen-bond acceptors (Lipinski definition) is 7. The van der Waals surface area contributed by atoms with Crippen LogP contribution in [0.4, 0.5) is 10.5 Å². The predicted octanol–water partition coefficient (Wildman–Crippen LogP) is 5.14. The van der Waals surface area contributed by atoms with Crippen LogP contribution in [0.2, 0.25) is 0 Å². The largest absolute Gasteiger partial charge is 0.469 e. The monoisotopic (exact) mass is 568 g/mol. The van der Waals surface area contributed by atoms with Crippen LogP contribution in [-0.4, -0.2) is 42.7 Å². The first-order valence-electron chi connectivity index (χ1n) is 14.0. The molecule has 1 atom stereocenters. The van der Waals surface area contributed by atoms with Crippen molar-refractivity contribution in [1.82, 2.24) is 15.6 Å². The van der Waals surface area contributed by atoms with E-state index in [0.717, 1.165) is 27.7 Å². The average molecular weight is 569 g/mol. The van der Waals surface area contributed by atoms with E-state index in [1.54, 1.807) is 0 Å². The van der Waals surface area contributed by atoms with Crippen LogP contribution in [0.3, 0.4) is 0 Å². The van der Waals surface area contributed by atoms with E-state index in [0.29, 0.717) is 38.0 Å². The van der Waals surface area contributed by atoms with Gasteiger partial charge in [-0.1, -0.05) is 72.8 Å². The highest BCUT2D eigenvalue weighted by molar-refractivity contribution is 5.95. The zero-order valence-electron chi connectivity index (χ0n) is 23.7. The number of rotatable bonds is 14. The number of esters is 1. The van der Waals surface area contributed by atoms with Gasteiger partial charge in [0, 0.05) is 30.6 Å². The predicted molar refractivity (Wildman–Crippen MR) is 162 cm³/mol. The number of carbonyl (C=O) groups excluding carboxylic acids is 3. The highest BCUT2D eigenvalue weighted by Gasteiger charge is 2.20. The summed E-state index contributed by atoms with van der Waals surface area (Å²) in [5, 5.41) is 10.2. The van der Waals surface area contributed by atoms with Crippen LogP contribution in [0.25, 0.3) is 10.9 Å². The number of pyridine rings is 1. The number of amides is 2. The van der Waals surface area contributed by atoms with Gasteiger partial charge in [-0.2, -0.15) is 0 Å². The maximum absolute atomic E-state index is 13.5. The molecule has 1 heterocycles. The molecule has 4 aromatic rings. The van der Waals surface area contributed by atoms with E-state index in [9.17, 15) is 14.4 Å². The number of ether oxygens (including phenoxy) is 2. The number of nitrogens with zero attached hydrogens (tertiary/aromatic N) is 1. The van der Waals surface area contributed by atoms with E-state index < -0.39 is 12.1 Å². The quantitative estimate of drug-likeness (QED) is 0.142. The number of fused-ring (bicyclic) bond motifs is 1. The number of aromatic nitrogens is 1. The SMILES string of the molecule is COC(=O)CCc1ccccc1NC(=O)[C@H](CCCNC(=O)OCc1ccccc1)NCc1ccc2ccccc2n1. The average Bonchev–Trinajstić information content (AvgIpc) is 3.03. The minimum Gasteiger partial charge on any atom is -0.469 e. The molecule has 9 nitrogen and oxygen atoms in total. The van der Waals surface area contributed by atoms with Crippen LogP contribution < -0.4 is 16.0 Å². The molecule has 0 aliphatic rings. The highest BCUT2D eigenvalue weighted by Crippen LogP contribution is 2.18. The molecular formula is C33H36N4O5.